The Morgan fingerprint density at radius 3 is 1.07 bits per heavy atom. The van der Waals surface area contributed by atoms with Crippen molar-refractivity contribution in [2.75, 3.05) is 0 Å². The number of para-hydroxylation sites is 6. The molecule has 0 amide bonds. The Hall–Kier alpha value is -10.8. The first kappa shape index (κ1) is 43.3. The first-order valence-electron chi connectivity index (χ1n) is 27.4. The van der Waals surface area contributed by atoms with E-state index in [0.717, 1.165) is 84.0 Å². The van der Waals surface area contributed by atoms with Gasteiger partial charge in [-0.2, -0.15) is 0 Å². The second-order valence-corrected chi connectivity index (χ2v) is 21.3. The third-order valence-electron chi connectivity index (χ3n) is 17.1. The molecule has 0 atom stereocenters. The van der Waals surface area contributed by atoms with E-state index in [1.165, 1.54) is 75.9 Å². The summed E-state index contributed by atoms with van der Waals surface area (Å²) < 4.78 is 9.78. The van der Waals surface area contributed by atoms with E-state index in [1.807, 2.05) is 0 Å². The Bertz CT molecular complexity index is 5130. The van der Waals surface area contributed by atoms with Crippen molar-refractivity contribution < 1.29 is 0 Å². The summed E-state index contributed by atoms with van der Waals surface area (Å²) in [7, 11) is 0. The van der Waals surface area contributed by atoms with Crippen molar-refractivity contribution in [1.82, 2.24) is 28.2 Å². The van der Waals surface area contributed by atoms with Crippen molar-refractivity contribution in [3.05, 3.63) is 267 Å². The van der Waals surface area contributed by atoms with Gasteiger partial charge in [0.2, 0.25) is 0 Å². The van der Waals surface area contributed by atoms with E-state index in [2.05, 4.69) is 285 Å². The van der Waals surface area contributed by atoms with Gasteiger partial charge >= 0.3 is 0 Å². The Labute approximate surface area is 458 Å². The number of fused-ring (bicyclic) bond motifs is 15. The maximum atomic E-state index is 5.69. The molecule has 0 radical (unpaired) electrons. The van der Waals surface area contributed by atoms with Crippen LogP contribution in [0.1, 0.15) is 0 Å². The van der Waals surface area contributed by atoms with Crippen molar-refractivity contribution in [3.63, 3.8) is 0 Å². The molecule has 1 aliphatic rings. The molecular weight excluding hydrogens is 973 g/mol. The second kappa shape index (κ2) is 16.4. The van der Waals surface area contributed by atoms with Crippen LogP contribution in [-0.4, -0.2) is 28.2 Å². The average Bonchev–Trinajstić information content (AvgIpc) is 4.44. The molecule has 370 valence electrons. The lowest BCUT2D eigenvalue weighted by Crippen LogP contribution is -2.03. The highest BCUT2D eigenvalue weighted by Crippen LogP contribution is 2.51. The number of aromatic nitrogens is 6. The number of nitrogens with zero attached hydrogens (tertiary/aromatic N) is 6. The Morgan fingerprint density at radius 1 is 0.237 bits per heavy atom. The molecule has 5 heterocycles. The van der Waals surface area contributed by atoms with Crippen LogP contribution >= 0.6 is 0 Å². The van der Waals surface area contributed by atoms with Crippen LogP contribution in [0.25, 0.3) is 166 Å². The van der Waals surface area contributed by atoms with Crippen LogP contribution in [-0.2, 0) is 0 Å². The summed E-state index contributed by atoms with van der Waals surface area (Å²) in [6, 6.07) is 97.6. The number of hydrogen-bond acceptors (Lipinski definition) is 2. The molecule has 0 unspecified atom stereocenters. The molecule has 80 heavy (non-hydrogen) atoms. The minimum absolute atomic E-state index is 0.694. The van der Waals surface area contributed by atoms with E-state index in [1.54, 1.807) is 0 Å². The molecule has 6 heteroatoms. The number of hydrogen-bond donors (Lipinski definition) is 0. The van der Waals surface area contributed by atoms with E-state index in [0.29, 0.717) is 5.82 Å². The molecule has 0 bridgehead atoms. The highest BCUT2D eigenvalue weighted by atomic mass is 15.0. The normalized spacial score (nSPS) is 12.2. The minimum Gasteiger partial charge on any atom is -0.309 e. The highest BCUT2D eigenvalue weighted by molar-refractivity contribution is 6.18. The van der Waals surface area contributed by atoms with E-state index in [4.69, 9.17) is 9.97 Å². The summed E-state index contributed by atoms with van der Waals surface area (Å²) in [6.07, 6.45) is 0. The van der Waals surface area contributed by atoms with Crippen LogP contribution in [0.2, 0.25) is 0 Å². The predicted molar refractivity (Wildman–Crippen MR) is 332 cm³/mol. The van der Waals surface area contributed by atoms with Crippen LogP contribution in [0.4, 0.5) is 0 Å². The van der Waals surface area contributed by atoms with Crippen LogP contribution < -0.4 is 0 Å². The molecule has 18 rings (SSSR count). The van der Waals surface area contributed by atoms with Crippen LogP contribution in [0, 0.1) is 0 Å². The fourth-order valence-electron chi connectivity index (χ4n) is 13.7. The SMILES string of the molecule is c1ccc(-c2nc(-c3cc(-n4c5ccccc5c5cc(-n6c7ccccc7c7ccccc76)ccc54)cc(-n4c5ccccc5c5cc(-n6c7ccccc7c7ccccc76)ccc54)c3)c3c(n2)-c2cccc4cccc-3c24)cc1. The van der Waals surface area contributed by atoms with Gasteiger partial charge in [0.15, 0.2) is 5.82 Å². The van der Waals surface area contributed by atoms with Crippen molar-refractivity contribution in [3.8, 4) is 67.8 Å². The Kier molecular flexibility index (Phi) is 8.85. The molecule has 17 aromatic rings. The smallest absolute Gasteiger partial charge is 0.160 e. The average molecular weight is 1020 g/mol. The summed E-state index contributed by atoms with van der Waals surface area (Å²) in [6.45, 7) is 0. The van der Waals surface area contributed by atoms with Gasteiger partial charge in [-0.3, -0.25) is 0 Å². The molecule has 6 nitrogen and oxygen atoms in total. The largest absolute Gasteiger partial charge is 0.309 e. The zero-order valence-electron chi connectivity index (χ0n) is 43.1. The quantitative estimate of drug-likeness (QED) is 0.167. The Balaban J connectivity index is 0.931. The number of benzene rings is 12. The summed E-state index contributed by atoms with van der Waals surface area (Å²) in [5.74, 6) is 0.694. The molecule has 0 N–H and O–H groups in total. The molecular formula is C74H44N6. The van der Waals surface area contributed by atoms with Gasteiger partial charge in [-0.1, -0.05) is 176 Å². The highest BCUT2D eigenvalue weighted by Gasteiger charge is 2.30. The van der Waals surface area contributed by atoms with Gasteiger partial charge in [-0.05, 0) is 107 Å². The molecule has 0 spiro atoms. The van der Waals surface area contributed by atoms with E-state index >= 15 is 0 Å². The van der Waals surface area contributed by atoms with Gasteiger partial charge in [0.25, 0.3) is 0 Å². The van der Waals surface area contributed by atoms with E-state index in [-0.39, 0.29) is 0 Å². The lowest BCUT2D eigenvalue weighted by atomic mass is 9.98. The zero-order valence-corrected chi connectivity index (χ0v) is 43.1. The summed E-state index contributed by atoms with van der Waals surface area (Å²) in [5.41, 5.74) is 20.7. The molecule has 5 aromatic heterocycles. The monoisotopic (exact) mass is 1020 g/mol. The number of rotatable bonds is 6. The lowest BCUT2D eigenvalue weighted by Gasteiger charge is -2.18. The first-order valence-corrected chi connectivity index (χ1v) is 27.4. The maximum Gasteiger partial charge on any atom is 0.160 e. The van der Waals surface area contributed by atoms with Gasteiger partial charge in [0.05, 0.1) is 55.5 Å². The third-order valence-corrected chi connectivity index (χ3v) is 17.1. The maximum absolute atomic E-state index is 5.69. The third kappa shape index (κ3) is 6.01. The Morgan fingerprint density at radius 2 is 0.613 bits per heavy atom. The van der Waals surface area contributed by atoms with Gasteiger partial charge in [0, 0.05) is 88.1 Å². The van der Waals surface area contributed by atoms with Crippen molar-refractivity contribution in [2.45, 2.75) is 0 Å². The lowest BCUT2D eigenvalue weighted by molar-refractivity contribution is 1.12. The molecule has 0 aliphatic heterocycles. The van der Waals surface area contributed by atoms with Crippen LogP contribution in [0.15, 0.2) is 267 Å². The summed E-state index contributed by atoms with van der Waals surface area (Å²) in [4.78, 5) is 11.2. The minimum atomic E-state index is 0.694. The predicted octanol–water partition coefficient (Wildman–Crippen LogP) is 19.0. The van der Waals surface area contributed by atoms with Crippen LogP contribution in [0.3, 0.4) is 0 Å². The summed E-state index contributed by atoms with van der Waals surface area (Å²) >= 11 is 0. The van der Waals surface area contributed by atoms with E-state index in [9.17, 15) is 0 Å². The van der Waals surface area contributed by atoms with E-state index < -0.39 is 0 Å². The zero-order chi connectivity index (χ0) is 52.2. The first-order chi connectivity index (χ1) is 39.7. The van der Waals surface area contributed by atoms with Crippen molar-refractivity contribution in [1.29, 1.82) is 0 Å². The van der Waals surface area contributed by atoms with Crippen molar-refractivity contribution >= 4 is 98.0 Å². The topological polar surface area (TPSA) is 45.5 Å². The van der Waals surface area contributed by atoms with Gasteiger partial charge < -0.3 is 18.3 Å². The standard InChI is InChI=1S/C74H44N6/c1-2-18-46(19-3-1)74-75-72(71-58-28-16-20-45-21-17-29-59(70(45)58)73(71)76-74)47-40-50(79-66-34-14-8-26-56(66)60-43-48(36-38-68(60)79)77-62-30-10-4-22-52(62)53-23-5-11-31-63(53)77)42-51(41-47)80-67-35-15-9-27-57(67)61-44-49(37-39-69(61)80)78-64-32-12-6-24-54(64)55-25-7-13-33-65(55)78/h1-44H. The van der Waals surface area contributed by atoms with Gasteiger partial charge in [-0.25, -0.2) is 9.97 Å². The van der Waals surface area contributed by atoms with Crippen molar-refractivity contribution in [2.24, 2.45) is 0 Å². The van der Waals surface area contributed by atoms with Gasteiger partial charge in [0.1, 0.15) is 0 Å². The fraction of sp³-hybridized carbons (Fsp3) is 0. The fourth-order valence-corrected chi connectivity index (χ4v) is 13.7. The molecule has 0 saturated heterocycles. The molecule has 12 aromatic carbocycles. The van der Waals surface area contributed by atoms with Gasteiger partial charge in [-0.15, -0.1) is 0 Å². The molecule has 0 saturated carbocycles. The summed E-state index contributed by atoms with van der Waals surface area (Å²) in [5, 5.41) is 12.1. The molecule has 1 aliphatic carbocycles. The van der Waals surface area contributed by atoms with Crippen LogP contribution in [0.5, 0.6) is 0 Å². The molecule has 0 fully saturated rings. The second-order valence-electron chi connectivity index (χ2n) is 21.3.